The summed E-state index contributed by atoms with van der Waals surface area (Å²) in [4.78, 5) is 12.9. The van der Waals surface area contributed by atoms with Gasteiger partial charge in [-0.2, -0.15) is 0 Å². The largest absolute Gasteiger partial charge is 1.00 e. The molecule has 0 aliphatic rings. The topological polar surface area (TPSA) is 35.5 Å². The molecular weight excluding hydrogens is 386 g/mol. The van der Waals surface area contributed by atoms with Gasteiger partial charge >= 0.3 is 18.9 Å². The van der Waals surface area contributed by atoms with Crippen LogP contribution in [0.25, 0.3) is 0 Å². The third-order valence-corrected chi connectivity index (χ3v) is 4.96. The molecule has 6 heteroatoms. The molecule has 0 aliphatic heterocycles. The van der Waals surface area contributed by atoms with E-state index < -0.39 is 0 Å². The van der Waals surface area contributed by atoms with Crippen molar-refractivity contribution in [2.75, 3.05) is 0 Å². The van der Waals surface area contributed by atoms with Gasteiger partial charge in [-0.15, -0.1) is 0 Å². The summed E-state index contributed by atoms with van der Waals surface area (Å²) in [6.07, 6.45) is 0. The van der Waals surface area contributed by atoms with Gasteiger partial charge in [0.2, 0.25) is 0 Å². The molecule has 1 atom stereocenters. The Bertz CT molecular complexity index is 818. The zero-order valence-electron chi connectivity index (χ0n) is 18.1. The van der Waals surface area contributed by atoms with E-state index in [-0.39, 0.29) is 44.2 Å². The molecule has 2 aromatic rings. The minimum Gasteiger partial charge on any atom is -0.488 e. The van der Waals surface area contributed by atoms with E-state index in [1.54, 1.807) is 6.07 Å². The molecule has 1 unspecified atom stereocenters. The van der Waals surface area contributed by atoms with Crippen LogP contribution in [0.15, 0.2) is 36.4 Å². The average molecular weight is 414 g/mol. The normalized spacial score (nSPS) is 12.0. The fourth-order valence-corrected chi connectivity index (χ4v) is 4.04. The minimum atomic E-state index is -0.386. The van der Waals surface area contributed by atoms with Crippen LogP contribution in [0.4, 0.5) is 0 Å². The van der Waals surface area contributed by atoms with Gasteiger partial charge in [0.05, 0.1) is 5.02 Å². The molecule has 28 heavy (non-hydrogen) atoms. The number of halogens is 1. The van der Waals surface area contributed by atoms with Crippen molar-refractivity contribution in [3.8, 4) is 11.5 Å². The third kappa shape index (κ3) is 7.45. The zero-order chi connectivity index (χ0) is 20.4. The summed E-state index contributed by atoms with van der Waals surface area (Å²) >= 11 is 6.27. The molecule has 0 aromatic heterocycles. The van der Waals surface area contributed by atoms with Crippen molar-refractivity contribution < 1.29 is 33.1 Å². The van der Waals surface area contributed by atoms with Crippen LogP contribution in [0, 0.1) is 6.92 Å². The van der Waals surface area contributed by atoms with E-state index in [1.807, 2.05) is 78.8 Å². The second kappa shape index (κ2) is 9.69. The SMILES string of the molecule is Cc1cccc(Cl)c1C(=O)Pc1ccc(OC(C)(C)C)cc1OC(C)(C)C.[Li+]. The molecule has 3 nitrogen and oxygen atoms in total. The summed E-state index contributed by atoms with van der Waals surface area (Å²) in [6, 6.07) is 11.2. The number of benzene rings is 2. The number of carbonyl (C=O) groups excluding carboxylic acids is 1. The molecule has 2 aromatic carbocycles. The first-order chi connectivity index (χ1) is 12.4. The van der Waals surface area contributed by atoms with Crippen LogP contribution >= 0.6 is 20.2 Å². The van der Waals surface area contributed by atoms with Crippen LogP contribution in [0.1, 0.15) is 57.5 Å². The second-order valence-electron chi connectivity index (χ2n) is 8.47. The van der Waals surface area contributed by atoms with E-state index in [1.165, 1.54) is 0 Å². The predicted octanol–water partition coefficient (Wildman–Crippen LogP) is 3.15. The second-order valence-corrected chi connectivity index (χ2v) is 10.1. The zero-order valence-corrected chi connectivity index (χ0v) is 19.8. The molecule has 2 rings (SSSR count). The van der Waals surface area contributed by atoms with E-state index in [4.69, 9.17) is 21.1 Å². The maximum Gasteiger partial charge on any atom is 1.00 e. The molecule has 0 heterocycles. The standard InChI is InChI=1S/C22H28ClO3P.Li/c1-14-9-8-10-16(23)19(14)20(24)27-18-12-11-15(25-21(2,3)4)13-17(18)26-22(5,6)7;/h8-13,27H,1-7H3;/q;+1. The van der Waals surface area contributed by atoms with Gasteiger partial charge in [-0.3, -0.25) is 4.79 Å². The minimum absolute atomic E-state index is 0. The number of aryl methyl sites for hydroxylation is 1. The quantitative estimate of drug-likeness (QED) is 0.558. The van der Waals surface area contributed by atoms with Gasteiger partial charge in [-0.1, -0.05) is 23.7 Å². The summed E-state index contributed by atoms with van der Waals surface area (Å²) in [5, 5.41) is 1.33. The van der Waals surface area contributed by atoms with Crippen molar-refractivity contribution in [1.29, 1.82) is 0 Å². The molecule has 0 saturated carbocycles. The smallest absolute Gasteiger partial charge is 0.488 e. The van der Waals surface area contributed by atoms with Crippen molar-refractivity contribution in [2.45, 2.75) is 59.7 Å². The van der Waals surface area contributed by atoms with Crippen molar-refractivity contribution in [2.24, 2.45) is 0 Å². The number of carbonyl (C=O) groups is 1. The van der Waals surface area contributed by atoms with Gasteiger partial charge in [0.15, 0.2) is 5.52 Å². The first kappa shape index (κ1) is 25.1. The Morgan fingerprint density at radius 3 is 2.11 bits per heavy atom. The van der Waals surface area contributed by atoms with E-state index in [0.717, 1.165) is 16.6 Å². The van der Waals surface area contributed by atoms with Crippen molar-refractivity contribution in [1.82, 2.24) is 0 Å². The van der Waals surface area contributed by atoms with Crippen molar-refractivity contribution in [3.05, 3.63) is 52.5 Å². The fraction of sp³-hybridized carbons (Fsp3) is 0.409. The first-order valence-corrected chi connectivity index (χ1v) is 10.3. The summed E-state index contributed by atoms with van der Waals surface area (Å²) in [7, 11) is -0.0863. The van der Waals surface area contributed by atoms with E-state index >= 15 is 0 Å². The van der Waals surface area contributed by atoms with E-state index in [9.17, 15) is 4.79 Å². The van der Waals surface area contributed by atoms with Gasteiger partial charge in [0, 0.05) is 16.9 Å². The molecule has 0 amide bonds. The predicted molar refractivity (Wildman–Crippen MR) is 116 cm³/mol. The van der Waals surface area contributed by atoms with Gasteiger partial charge in [-0.05, 0) is 80.8 Å². The summed E-state index contributed by atoms with van der Waals surface area (Å²) in [5.74, 6) is 1.39. The van der Waals surface area contributed by atoms with Crippen LogP contribution < -0.4 is 33.6 Å². The molecule has 0 bridgehead atoms. The van der Waals surface area contributed by atoms with Gasteiger partial charge in [-0.25, -0.2) is 0 Å². The maximum absolute atomic E-state index is 12.9. The molecule has 0 aliphatic carbocycles. The molecule has 146 valence electrons. The number of rotatable bonds is 5. The molecule has 0 N–H and O–H groups in total. The van der Waals surface area contributed by atoms with Crippen LogP contribution in [-0.2, 0) is 0 Å². The van der Waals surface area contributed by atoms with Crippen LogP contribution in [-0.4, -0.2) is 16.7 Å². The monoisotopic (exact) mass is 413 g/mol. The molecule has 0 spiro atoms. The van der Waals surface area contributed by atoms with Crippen LogP contribution in [0.3, 0.4) is 0 Å². The Hall–Kier alpha value is -0.973. The Balaban J connectivity index is 0.00000392. The average Bonchev–Trinajstić information content (AvgIpc) is 2.46. The Morgan fingerprint density at radius 2 is 1.57 bits per heavy atom. The fourth-order valence-electron chi connectivity index (χ4n) is 2.54. The molecule has 0 saturated heterocycles. The maximum atomic E-state index is 12.9. The molecular formula is C22H28ClLiO3P+. The first-order valence-electron chi connectivity index (χ1n) is 8.94. The van der Waals surface area contributed by atoms with Gasteiger partial charge in [0.25, 0.3) is 0 Å². The Kier molecular flexibility index (Phi) is 8.67. The number of hydrogen-bond donors (Lipinski definition) is 0. The summed E-state index contributed by atoms with van der Waals surface area (Å²) < 4.78 is 12.1. The summed E-state index contributed by atoms with van der Waals surface area (Å²) in [5.41, 5.74) is 0.762. The van der Waals surface area contributed by atoms with Crippen LogP contribution in [0.5, 0.6) is 11.5 Å². The summed E-state index contributed by atoms with van der Waals surface area (Å²) in [6.45, 7) is 13.8. The van der Waals surface area contributed by atoms with Crippen molar-refractivity contribution in [3.63, 3.8) is 0 Å². The van der Waals surface area contributed by atoms with Crippen LogP contribution in [0.2, 0.25) is 5.02 Å². The Morgan fingerprint density at radius 1 is 0.964 bits per heavy atom. The Labute approximate surface area is 187 Å². The molecule has 0 radical (unpaired) electrons. The molecule has 0 fully saturated rings. The van der Waals surface area contributed by atoms with Crippen molar-refractivity contribution >= 4 is 31.0 Å². The van der Waals surface area contributed by atoms with E-state index in [2.05, 4.69) is 0 Å². The number of ether oxygens (including phenoxy) is 2. The van der Waals surface area contributed by atoms with Gasteiger partial charge < -0.3 is 9.47 Å². The van der Waals surface area contributed by atoms with E-state index in [0.29, 0.717) is 16.3 Å². The number of hydrogen-bond acceptors (Lipinski definition) is 3. The van der Waals surface area contributed by atoms with Gasteiger partial charge in [0.1, 0.15) is 22.7 Å². The third-order valence-electron chi connectivity index (χ3n) is 3.49.